The lowest BCUT2D eigenvalue weighted by atomic mass is 10.2. The number of carbonyl (C=O) groups excluding carboxylic acids is 4. The highest BCUT2D eigenvalue weighted by Gasteiger charge is 2.30. The molecule has 0 aliphatic rings. The van der Waals surface area contributed by atoms with Crippen LogP contribution in [-0.2, 0) is 23.9 Å². The van der Waals surface area contributed by atoms with Crippen molar-refractivity contribution < 1.29 is 33.4 Å². The van der Waals surface area contributed by atoms with Crippen LogP contribution >= 0.6 is 24.4 Å². The highest BCUT2D eigenvalue weighted by Crippen LogP contribution is 2.16. The van der Waals surface area contributed by atoms with E-state index in [2.05, 4.69) is 27.4 Å². The molecule has 1 atom stereocenters. The zero-order valence-electron chi connectivity index (χ0n) is 15.1. The van der Waals surface area contributed by atoms with Gasteiger partial charge in [-0.15, -0.1) is 0 Å². The first-order chi connectivity index (χ1) is 12.6. The molecule has 148 valence electrons. The fourth-order valence-corrected chi connectivity index (χ4v) is 2.25. The molecule has 0 saturated carbocycles. The first-order valence-electron chi connectivity index (χ1n) is 7.82. The summed E-state index contributed by atoms with van der Waals surface area (Å²) in [7, 11) is 0. The monoisotopic (exact) mass is 415 g/mol. The van der Waals surface area contributed by atoms with Crippen molar-refractivity contribution in [1.29, 1.82) is 0 Å². The summed E-state index contributed by atoms with van der Waals surface area (Å²) in [5.41, 5.74) is 0. The first-order valence-corrected chi connectivity index (χ1v) is 9.26. The molecule has 27 heavy (non-hydrogen) atoms. The molecule has 1 rings (SSSR count). The molecule has 0 heterocycles. The van der Waals surface area contributed by atoms with Gasteiger partial charge in [-0.3, -0.25) is 9.59 Å². The van der Waals surface area contributed by atoms with Gasteiger partial charge < -0.3 is 19.5 Å². The van der Waals surface area contributed by atoms with Crippen LogP contribution in [0.4, 0.5) is 4.79 Å². The van der Waals surface area contributed by atoms with Gasteiger partial charge in [-0.25, -0.2) is 9.59 Å². The minimum Gasteiger partial charge on any atom is -0.428 e. The predicted molar refractivity (Wildman–Crippen MR) is 103 cm³/mol. The number of carbonyl (C=O) groups is 4. The van der Waals surface area contributed by atoms with Crippen LogP contribution in [0.2, 0.25) is 0 Å². The minimum atomic E-state index is -1.12. The molecule has 1 amide bonds. The van der Waals surface area contributed by atoms with Gasteiger partial charge in [-0.1, -0.05) is 18.2 Å². The number of rotatable bonds is 8. The van der Waals surface area contributed by atoms with Crippen LogP contribution in [0.1, 0.15) is 20.8 Å². The summed E-state index contributed by atoms with van der Waals surface area (Å²) in [5, 5.41) is 1.73. The summed E-state index contributed by atoms with van der Waals surface area (Å²) >= 11 is 4.79. The van der Waals surface area contributed by atoms with E-state index in [0.717, 1.165) is 0 Å². The third-order valence-electron chi connectivity index (χ3n) is 2.91. The number of nitrogens with one attached hydrogen (secondary N) is 1. The smallest absolute Gasteiger partial charge is 0.370 e. The van der Waals surface area contributed by atoms with E-state index in [-0.39, 0.29) is 5.75 Å². The molecule has 0 radical (unpaired) electrons. The topological polar surface area (TPSA) is 108 Å². The molecular formula is C17H21NO7S2. The Morgan fingerprint density at radius 1 is 1.15 bits per heavy atom. The van der Waals surface area contributed by atoms with Crippen LogP contribution in [0.5, 0.6) is 5.75 Å². The standard InChI is InChI=1S/C17H21NO7S2/c1-11(19)23-10-24-16(22)27-9-13(18-15(21)17(2,3)26)14(20)25-12-7-5-4-6-8-12/h4-8,13,26H,9-10H2,1-3H3,(H,18,21)/t13-/m0/s1. The quantitative estimate of drug-likeness (QED) is 0.288. The zero-order chi connectivity index (χ0) is 20.4. The molecule has 0 aromatic heterocycles. The van der Waals surface area contributed by atoms with E-state index in [1.54, 1.807) is 44.2 Å². The van der Waals surface area contributed by atoms with Crippen molar-refractivity contribution in [3.63, 3.8) is 0 Å². The highest BCUT2D eigenvalue weighted by molar-refractivity contribution is 8.13. The molecule has 0 saturated heterocycles. The fourth-order valence-electron chi connectivity index (χ4n) is 1.53. The van der Waals surface area contributed by atoms with Crippen molar-refractivity contribution in [3.05, 3.63) is 30.3 Å². The molecule has 0 bridgehead atoms. The maximum absolute atomic E-state index is 12.4. The Labute approximate surface area is 166 Å². The average molecular weight is 415 g/mol. The largest absolute Gasteiger partial charge is 0.428 e. The van der Waals surface area contributed by atoms with Gasteiger partial charge in [0.25, 0.3) is 0 Å². The summed E-state index contributed by atoms with van der Waals surface area (Å²) in [4.78, 5) is 46.8. The molecule has 0 spiro atoms. The van der Waals surface area contributed by atoms with Crippen molar-refractivity contribution in [2.75, 3.05) is 12.5 Å². The van der Waals surface area contributed by atoms with Crippen molar-refractivity contribution in [1.82, 2.24) is 5.32 Å². The van der Waals surface area contributed by atoms with Crippen LogP contribution in [0.15, 0.2) is 30.3 Å². The summed E-state index contributed by atoms with van der Waals surface area (Å²) in [5.74, 6) is -1.68. The second-order valence-electron chi connectivity index (χ2n) is 5.78. The van der Waals surface area contributed by atoms with E-state index in [0.29, 0.717) is 17.5 Å². The second-order valence-corrected chi connectivity index (χ2v) is 7.85. The number of ether oxygens (including phenoxy) is 3. The second kappa shape index (κ2) is 10.8. The molecule has 8 nitrogen and oxygen atoms in total. The molecule has 0 fully saturated rings. The maximum atomic E-state index is 12.4. The minimum absolute atomic E-state index is 0.139. The van der Waals surface area contributed by atoms with Crippen LogP contribution in [-0.4, -0.2) is 46.5 Å². The molecular weight excluding hydrogens is 394 g/mol. The Balaban J connectivity index is 2.69. The van der Waals surface area contributed by atoms with E-state index >= 15 is 0 Å². The van der Waals surface area contributed by atoms with Gasteiger partial charge in [-0.05, 0) is 37.7 Å². The lowest BCUT2D eigenvalue weighted by Crippen LogP contribution is -2.50. The van der Waals surface area contributed by atoms with E-state index in [1.165, 1.54) is 6.92 Å². The van der Waals surface area contributed by atoms with E-state index in [4.69, 9.17) is 4.74 Å². The SMILES string of the molecule is CC(=O)OCOC(=O)SC[C@H](NC(=O)C(C)(C)S)C(=O)Oc1ccccc1. The number of amides is 1. The van der Waals surface area contributed by atoms with Gasteiger partial charge >= 0.3 is 17.2 Å². The Morgan fingerprint density at radius 3 is 2.33 bits per heavy atom. The highest BCUT2D eigenvalue weighted by atomic mass is 32.2. The summed E-state index contributed by atoms with van der Waals surface area (Å²) < 4.78 is 13.3. The molecule has 1 N–H and O–H groups in total. The van der Waals surface area contributed by atoms with E-state index in [9.17, 15) is 19.2 Å². The molecule has 0 aliphatic carbocycles. The van der Waals surface area contributed by atoms with Crippen molar-refractivity contribution >= 4 is 47.5 Å². The summed E-state index contributed by atoms with van der Waals surface area (Å²) in [6.45, 7) is 3.76. The summed E-state index contributed by atoms with van der Waals surface area (Å²) in [6.07, 6.45) is 0. The van der Waals surface area contributed by atoms with Gasteiger partial charge in [-0.2, -0.15) is 12.6 Å². The van der Waals surface area contributed by atoms with Crippen molar-refractivity contribution in [2.45, 2.75) is 31.6 Å². The lowest BCUT2D eigenvalue weighted by Gasteiger charge is -2.22. The Hall–Kier alpha value is -2.20. The molecule has 0 unspecified atom stereocenters. The summed E-state index contributed by atoms with van der Waals surface area (Å²) in [6, 6.07) is 7.19. The lowest BCUT2D eigenvalue weighted by molar-refractivity contribution is -0.148. The van der Waals surface area contributed by atoms with Crippen molar-refractivity contribution in [2.24, 2.45) is 0 Å². The fraction of sp³-hybridized carbons (Fsp3) is 0.412. The van der Waals surface area contributed by atoms with Gasteiger partial charge in [0.05, 0.1) is 4.75 Å². The number of hydrogen-bond donors (Lipinski definition) is 2. The third kappa shape index (κ3) is 9.34. The predicted octanol–water partition coefficient (Wildman–Crippen LogP) is 2.18. The number of para-hydroxylation sites is 1. The zero-order valence-corrected chi connectivity index (χ0v) is 16.8. The van der Waals surface area contributed by atoms with Gasteiger partial charge in [0, 0.05) is 12.7 Å². The van der Waals surface area contributed by atoms with Gasteiger partial charge in [0.2, 0.25) is 12.7 Å². The number of thiol groups is 1. The molecule has 1 aromatic rings. The van der Waals surface area contributed by atoms with E-state index in [1.807, 2.05) is 0 Å². The first kappa shape index (κ1) is 22.8. The normalized spacial score (nSPS) is 11.9. The van der Waals surface area contributed by atoms with Crippen LogP contribution in [0, 0.1) is 0 Å². The molecule has 1 aromatic carbocycles. The number of hydrogen-bond acceptors (Lipinski definition) is 9. The van der Waals surface area contributed by atoms with E-state index < -0.39 is 40.7 Å². The average Bonchev–Trinajstić information content (AvgIpc) is 2.57. The number of thioether (sulfide) groups is 1. The number of benzene rings is 1. The van der Waals surface area contributed by atoms with Crippen LogP contribution in [0.25, 0.3) is 0 Å². The number of esters is 2. The van der Waals surface area contributed by atoms with Crippen molar-refractivity contribution in [3.8, 4) is 5.75 Å². The Bertz CT molecular complexity index is 674. The van der Waals surface area contributed by atoms with Gasteiger partial charge in [0.1, 0.15) is 11.8 Å². The van der Waals surface area contributed by atoms with Crippen LogP contribution in [0.3, 0.4) is 0 Å². The van der Waals surface area contributed by atoms with Crippen LogP contribution < -0.4 is 10.1 Å². The third-order valence-corrected chi connectivity index (χ3v) is 3.97. The van der Waals surface area contributed by atoms with Gasteiger partial charge in [0.15, 0.2) is 0 Å². The maximum Gasteiger partial charge on any atom is 0.370 e. The molecule has 0 aliphatic heterocycles. The Kier molecular flexibility index (Phi) is 9.16. The Morgan fingerprint density at radius 2 is 1.78 bits per heavy atom. The molecule has 10 heteroatoms.